The van der Waals surface area contributed by atoms with E-state index in [2.05, 4.69) is 79.8 Å². The van der Waals surface area contributed by atoms with Crippen LogP contribution in [0.1, 0.15) is 192 Å². The van der Waals surface area contributed by atoms with Crippen molar-refractivity contribution in [3.63, 3.8) is 0 Å². The molecule has 21 heteroatoms. The van der Waals surface area contributed by atoms with Gasteiger partial charge in [-0.15, -0.1) is 0 Å². The lowest BCUT2D eigenvalue weighted by atomic mass is 10.00. The maximum absolute atomic E-state index is 14.1. The molecule has 0 saturated heterocycles. The van der Waals surface area contributed by atoms with Gasteiger partial charge in [-0.2, -0.15) is 0 Å². The third-order valence-corrected chi connectivity index (χ3v) is 25.3. The SMILES string of the molecule is CCCCC(CC)CNS(=O)(=O)c1ccc(C2=C3C=CC(=N3)C(c3ccc(S(=O)(=O)NCC(CC)CCCC)cc3)=c3ccc4n3Nn3c2ccc3C(c2ccc(S(=O)(=O)NCC(CC)CCCC)cc2)=C2C=CC(=N2)C=4c2ccc(S(=O)(=O)NCC(CC)CCCC)cc2)cc1. The number of allylic oxidation sites excluding steroid dienone is 4. The summed E-state index contributed by atoms with van der Waals surface area (Å²) in [5, 5.41) is 1.24. The van der Waals surface area contributed by atoms with Crippen LogP contribution in [0.4, 0.5) is 0 Å². The molecule has 4 aliphatic heterocycles. The lowest BCUT2D eigenvalue weighted by Crippen LogP contribution is -2.42. The van der Waals surface area contributed by atoms with Crippen molar-refractivity contribution >= 4 is 73.8 Å². The molecule has 17 nitrogen and oxygen atoms in total. The van der Waals surface area contributed by atoms with Crippen LogP contribution < -0.4 is 35.1 Å². The molecule has 0 aliphatic carbocycles. The topological polar surface area (TPSA) is 231 Å². The maximum Gasteiger partial charge on any atom is 0.240 e. The first-order chi connectivity index (χ1) is 46.7. The van der Waals surface area contributed by atoms with E-state index in [9.17, 15) is 33.7 Å². The number of nitrogens with one attached hydrogen (secondary N) is 5. The van der Waals surface area contributed by atoms with Crippen molar-refractivity contribution in [2.75, 3.05) is 31.7 Å². The molecule has 4 aromatic carbocycles. The lowest BCUT2D eigenvalue weighted by Gasteiger charge is -2.24. The zero-order valence-electron chi connectivity index (χ0n) is 57.5. The van der Waals surface area contributed by atoms with Gasteiger partial charge in [-0.25, -0.2) is 77.4 Å². The Morgan fingerprint density at radius 3 is 0.866 bits per heavy atom. The van der Waals surface area contributed by atoms with Crippen LogP contribution in [0.2, 0.25) is 0 Å². The van der Waals surface area contributed by atoms with Crippen molar-refractivity contribution in [1.82, 2.24) is 28.2 Å². The first-order valence-corrected chi connectivity index (χ1v) is 41.0. The van der Waals surface area contributed by atoms with E-state index in [1.165, 1.54) is 0 Å². The average Bonchev–Trinajstić information content (AvgIpc) is 1.58. The van der Waals surface area contributed by atoms with Crippen LogP contribution in [0.3, 0.4) is 0 Å². The van der Waals surface area contributed by atoms with Gasteiger partial charge in [-0.1, -0.05) is 181 Å². The molecule has 0 amide bonds. The molecule has 4 unspecified atom stereocenters. The summed E-state index contributed by atoms with van der Waals surface area (Å²) < 4.78 is 128. The first-order valence-electron chi connectivity index (χ1n) is 35.1. The number of hydrogen-bond acceptors (Lipinski definition) is 11. The smallest absolute Gasteiger partial charge is 0.240 e. The fourth-order valence-corrected chi connectivity index (χ4v) is 17.6. The van der Waals surface area contributed by atoms with E-state index in [4.69, 9.17) is 9.98 Å². The number of aliphatic imine (C=N–C) groups is 2. The van der Waals surface area contributed by atoms with Gasteiger partial charge >= 0.3 is 0 Å². The first kappa shape index (κ1) is 72.7. The molecule has 2 aromatic heterocycles. The highest BCUT2D eigenvalue weighted by Crippen LogP contribution is 2.39. The Balaban J connectivity index is 1.20. The predicted octanol–water partition coefficient (Wildman–Crippen LogP) is 13.2. The second kappa shape index (κ2) is 32.3. The molecule has 518 valence electrons. The summed E-state index contributed by atoms with van der Waals surface area (Å²) in [7, 11) is -15.7. The Labute approximate surface area is 576 Å². The molecule has 10 rings (SSSR count). The zero-order valence-corrected chi connectivity index (χ0v) is 60.8. The summed E-state index contributed by atoms with van der Waals surface area (Å²) in [4.78, 5) is 11.4. The predicted molar refractivity (Wildman–Crippen MR) is 393 cm³/mol. The van der Waals surface area contributed by atoms with Crippen molar-refractivity contribution in [3.05, 3.63) is 201 Å². The van der Waals surface area contributed by atoms with E-state index >= 15 is 0 Å². The Morgan fingerprint density at radius 2 is 0.608 bits per heavy atom. The minimum atomic E-state index is -3.92. The van der Waals surface area contributed by atoms with Gasteiger partial charge < -0.3 is 0 Å². The largest absolute Gasteiger partial charge is 0.248 e. The van der Waals surface area contributed by atoms with Gasteiger partial charge in [0, 0.05) is 48.5 Å². The van der Waals surface area contributed by atoms with Crippen LogP contribution >= 0.6 is 0 Å². The molecule has 4 aliphatic rings. The van der Waals surface area contributed by atoms with Crippen molar-refractivity contribution in [2.24, 2.45) is 33.7 Å². The molecule has 6 heterocycles. The van der Waals surface area contributed by atoms with E-state index in [1.807, 2.05) is 57.9 Å². The maximum atomic E-state index is 14.1. The van der Waals surface area contributed by atoms with E-state index in [1.54, 1.807) is 97.1 Å². The molecule has 0 spiro atoms. The highest BCUT2D eigenvalue weighted by atomic mass is 32.2. The minimum absolute atomic E-state index is 0.114. The van der Waals surface area contributed by atoms with E-state index < -0.39 is 40.1 Å². The minimum Gasteiger partial charge on any atom is -0.248 e. The van der Waals surface area contributed by atoms with Crippen molar-refractivity contribution < 1.29 is 33.7 Å². The third-order valence-electron chi connectivity index (χ3n) is 19.5. The summed E-state index contributed by atoms with van der Waals surface area (Å²) in [6.45, 7) is 18.1. The molecule has 5 N–H and O–H groups in total. The third kappa shape index (κ3) is 16.6. The Kier molecular flexibility index (Phi) is 24.2. The van der Waals surface area contributed by atoms with Gasteiger partial charge in [0.15, 0.2) is 0 Å². The molecule has 0 fully saturated rings. The lowest BCUT2D eigenvalue weighted by molar-refractivity contribution is 0.443. The van der Waals surface area contributed by atoms with Crippen LogP contribution in [0, 0.1) is 23.7 Å². The molecule has 0 saturated carbocycles. The number of sulfonamides is 4. The molecular formula is C76H97N9O8S4. The van der Waals surface area contributed by atoms with Gasteiger partial charge in [0.25, 0.3) is 0 Å². The van der Waals surface area contributed by atoms with Gasteiger partial charge in [0.05, 0.1) is 64.5 Å². The average molecular weight is 1390 g/mol. The fourth-order valence-electron chi connectivity index (χ4n) is 13.2. The zero-order chi connectivity index (χ0) is 69.1. The summed E-state index contributed by atoms with van der Waals surface area (Å²) in [6, 6.07) is 35.2. The highest BCUT2D eigenvalue weighted by molar-refractivity contribution is 7.90. The molecule has 6 aromatic rings. The van der Waals surface area contributed by atoms with Crippen molar-refractivity contribution in [1.29, 1.82) is 0 Å². The molecule has 4 atom stereocenters. The quantitative estimate of drug-likeness (QED) is 0.0251. The fraction of sp³-hybridized carbons (Fsp3) is 0.421. The Bertz CT molecular complexity index is 4310. The molecule has 97 heavy (non-hydrogen) atoms. The number of rotatable bonds is 36. The highest BCUT2D eigenvalue weighted by Gasteiger charge is 2.31. The standard InChI is InChI=1S/C76H97N9O8S4/c1-9-17-21-53(13-5)49-77-94(86,87)61-33-25-57(26-34-61)73-65-41-42-66(81-65)74(58-27-35-62(36-28-58)95(88,89)78-50-54(14-6)22-18-10-2)71-47-48-72-76(60-31-39-64(40-32-60)97(92,93)80-52-56(16-8)24-20-12-4)68-44-43-67(82-68)75(70-46-45-69(73)84(70)83-85(71)72)59-29-37-63(38-30-59)96(90,91)79-51-55(15-7)23-19-11-3/h25-48,53-56,77-80,83H,9-24,49-52H2,1-8H3. The normalized spacial score (nSPS) is 16.0. The molecule has 0 radical (unpaired) electrons. The Hall–Kier alpha value is -7.08. The van der Waals surface area contributed by atoms with Gasteiger partial charge in [0.1, 0.15) is 0 Å². The monoisotopic (exact) mass is 1390 g/mol. The summed E-state index contributed by atoms with van der Waals surface area (Å²) in [6.07, 6.45) is 23.0. The number of aromatic nitrogens is 2. The number of unbranched alkanes of at least 4 members (excludes halogenated alkanes) is 4. The number of benzene rings is 4. The summed E-state index contributed by atoms with van der Waals surface area (Å²) in [5.41, 5.74) is 12.5. The number of hydrogen-bond donors (Lipinski definition) is 5. The molecular weight excluding hydrogens is 1300 g/mol. The van der Waals surface area contributed by atoms with Crippen molar-refractivity contribution in [3.8, 4) is 0 Å². The van der Waals surface area contributed by atoms with Crippen molar-refractivity contribution in [2.45, 2.75) is 178 Å². The summed E-state index contributed by atoms with van der Waals surface area (Å²) >= 11 is 0. The van der Waals surface area contributed by atoms with E-state index in [-0.39, 0.29) is 43.3 Å². The van der Waals surface area contributed by atoms with Gasteiger partial charge in [-0.3, -0.25) is 0 Å². The van der Waals surface area contributed by atoms with E-state index in [0.29, 0.717) is 116 Å². The van der Waals surface area contributed by atoms with Crippen LogP contribution in [0.15, 0.2) is 187 Å². The number of nitrogens with zero attached hydrogens (tertiary/aromatic N) is 4. The second-order valence-corrected chi connectivity index (χ2v) is 33.1. The second-order valence-electron chi connectivity index (χ2n) is 26.1. The van der Waals surface area contributed by atoms with Crippen LogP contribution in [0.25, 0.3) is 22.3 Å². The Morgan fingerprint density at radius 1 is 0.340 bits per heavy atom. The van der Waals surface area contributed by atoms with Crippen LogP contribution in [-0.4, -0.2) is 80.6 Å². The van der Waals surface area contributed by atoms with Gasteiger partial charge in [-0.05, 0) is 169 Å². The van der Waals surface area contributed by atoms with E-state index in [0.717, 1.165) is 103 Å². The van der Waals surface area contributed by atoms with Crippen LogP contribution in [0.5, 0.6) is 0 Å². The van der Waals surface area contributed by atoms with Crippen LogP contribution in [-0.2, 0) is 40.1 Å². The van der Waals surface area contributed by atoms with Gasteiger partial charge in [0.2, 0.25) is 40.1 Å². The summed E-state index contributed by atoms with van der Waals surface area (Å²) in [5.74, 6) is 0.787. The molecule has 6 bridgehead atoms. The number of fused-ring (bicyclic) bond motifs is 2.